The third-order valence-electron chi connectivity index (χ3n) is 3.58. The van der Waals surface area contributed by atoms with Crippen molar-refractivity contribution in [2.75, 3.05) is 19.6 Å². The van der Waals surface area contributed by atoms with Crippen molar-refractivity contribution in [3.05, 3.63) is 16.5 Å². The maximum Gasteiger partial charge on any atom is 0.262 e. The van der Waals surface area contributed by atoms with Crippen molar-refractivity contribution in [1.29, 1.82) is 0 Å². The van der Waals surface area contributed by atoms with Crippen LogP contribution in [0.25, 0.3) is 0 Å². The SMILES string of the molecule is CCCNCc1sc(S(=O)(=O)NN2CCCCC2)cc1C. The molecular weight excluding hydrogens is 306 g/mol. The van der Waals surface area contributed by atoms with Crippen LogP contribution in [0.3, 0.4) is 0 Å². The van der Waals surface area contributed by atoms with Gasteiger partial charge in [-0.05, 0) is 44.4 Å². The highest BCUT2D eigenvalue weighted by atomic mass is 32.2. The number of sulfonamides is 1. The van der Waals surface area contributed by atoms with E-state index in [4.69, 9.17) is 0 Å². The molecule has 1 aromatic rings. The van der Waals surface area contributed by atoms with Crippen LogP contribution in [0.4, 0.5) is 0 Å². The maximum absolute atomic E-state index is 12.4. The minimum absolute atomic E-state index is 0.416. The lowest BCUT2D eigenvalue weighted by Crippen LogP contribution is -2.44. The lowest BCUT2D eigenvalue weighted by atomic mass is 10.2. The van der Waals surface area contributed by atoms with E-state index in [9.17, 15) is 8.42 Å². The van der Waals surface area contributed by atoms with Crippen molar-refractivity contribution >= 4 is 21.4 Å². The monoisotopic (exact) mass is 331 g/mol. The Morgan fingerprint density at radius 3 is 2.67 bits per heavy atom. The lowest BCUT2D eigenvalue weighted by molar-refractivity contribution is 0.200. The Labute approximate surface area is 131 Å². The Kier molecular flexibility index (Phi) is 6.19. The van der Waals surface area contributed by atoms with Crippen LogP contribution >= 0.6 is 11.3 Å². The van der Waals surface area contributed by atoms with Crippen molar-refractivity contribution in [3.8, 4) is 0 Å². The summed E-state index contributed by atoms with van der Waals surface area (Å²) in [6.07, 6.45) is 4.37. The zero-order valence-corrected chi connectivity index (χ0v) is 14.4. The van der Waals surface area contributed by atoms with E-state index in [0.29, 0.717) is 4.21 Å². The van der Waals surface area contributed by atoms with E-state index >= 15 is 0 Å². The summed E-state index contributed by atoms with van der Waals surface area (Å²) in [5.74, 6) is 0. The number of nitrogens with one attached hydrogen (secondary N) is 2. The molecule has 2 rings (SSSR count). The molecule has 0 bridgehead atoms. The minimum atomic E-state index is -3.43. The van der Waals surface area contributed by atoms with Crippen molar-refractivity contribution in [1.82, 2.24) is 15.2 Å². The second-order valence-corrected chi connectivity index (χ2v) is 8.52. The molecule has 0 aliphatic carbocycles. The summed E-state index contributed by atoms with van der Waals surface area (Å²) in [5.41, 5.74) is 1.04. The van der Waals surface area contributed by atoms with Crippen LogP contribution in [-0.4, -0.2) is 33.1 Å². The smallest absolute Gasteiger partial charge is 0.262 e. The summed E-state index contributed by atoms with van der Waals surface area (Å²) >= 11 is 1.37. The van der Waals surface area contributed by atoms with Gasteiger partial charge in [0.05, 0.1) is 0 Å². The molecule has 0 unspecified atom stereocenters. The number of rotatable bonds is 7. The molecule has 1 saturated heterocycles. The molecule has 0 saturated carbocycles. The average Bonchev–Trinajstić information content (AvgIpc) is 2.82. The molecule has 0 spiro atoms. The number of hydrogen-bond donors (Lipinski definition) is 2. The number of hydrogen-bond acceptors (Lipinski definition) is 5. The van der Waals surface area contributed by atoms with Crippen LogP contribution in [0.15, 0.2) is 10.3 Å². The van der Waals surface area contributed by atoms with Crippen LogP contribution in [0.1, 0.15) is 43.0 Å². The maximum atomic E-state index is 12.4. The third-order valence-corrected chi connectivity index (χ3v) is 6.67. The predicted octanol–water partition coefficient (Wildman–Crippen LogP) is 2.24. The zero-order chi connectivity index (χ0) is 15.3. The van der Waals surface area contributed by atoms with Gasteiger partial charge in [-0.25, -0.2) is 13.4 Å². The quantitative estimate of drug-likeness (QED) is 0.752. The van der Waals surface area contributed by atoms with Crippen LogP contribution in [-0.2, 0) is 16.6 Å². The molecule has 0 atom stereocenters. The fourth-order valence-electron chi connectivity index (χ4n) is 2.38. The molecule has 2 N–H and O–H groups in total. The van der Waals surface area contributed by atoms with Gasteiger partial charge in [-0.15, -0.1) is 16.2 Å². The Balaban J connectivity index is 2.03. The first-order chi connectivity index (χ1) is 10.0. The second-order valence-electron chi connectivity index (χ2n) is 5.49. The van der Waals surface area contributed by atoms with Gasteiger partial charge < -0.3 is 5.32 Å². The van der Waals surface area contributed by atoms with Gasteiger partial charge in [0.25, 0.3) is 10.0 Å². The third kappa shape index (κ3) is 4.75. The number of nitrogens with zero attached hydrogens (tertiary/aromatic N) is 1. The first-order valence-corrected chi connectivity index (χ1v) is 9.90. The summed E-state index contributed by atoms with van der Waals surface area (Å²) in [7, 11) is -3.43. The Morgan fingerprint density at radius 2 is 2.00 bits per heavy atom. The van der Waals surface area contributed by atoms with E-state index in [2.05, 4.69) is 17.1 Å². The first-order valence-electron chi connectivity index (χ1n) is 7.60. The summed E-state index contributed by atoms with van der Waals surface area (Å²) in [6, 6.07) is 1.78. The van der Waals surface area contributed by atoms with Gasteiger partial charge in [-0.1, -0.05) is 13.3 Å². The Hall–Kier alpha value is -0.470. The van der Waals surface area contributed by atoms with Crippen molar-refractivity contribution < 1.29 is 8.42 Å². The van der Waals surface area contributed by atoms with E-state index in [0.717, 1.165) is 55.9 Å². The molecular formula is C14H25N3O2S2. The van der Waals surface area contributed by atoms with E-state index < -0.39 is 10.0 Å². The highest BCUT2D eigenvalue weighted by Gasteiger charge is 2.22. The van der Waals surface area contributed by atoms with E-state index in [1.807, 2.05) is 11.9 Å². The van der Waals surface area contributed by atoms with Crippen LogP contribution in [0, 0.1) is 6.92 Å². The van der Waals surface area contributed by atoms with E-state index in [-0.39, 0.29) is 0 Å². The number of aryl methyl sites for hydroxylation is 1. The summed E-state index contributed by atoms with van der Waals surface area (Å²) < 4.78 is 25.3. The van der Waals surface area contributed by atoms with E-state index in [1.54, 1.807) is 6.07 Å². The van der Waals surface area contributed by atoms with Crippen molar-refractivity contribution in [2.45, 2.75) is 50.3 Å². The molecule has 0 aromatic carbocycles. The Bertz CT molecular complexity index is 549. The largest absolute Gasteiger partial charge is 0.312 e. The van der Waals surface area contributed by atoms with Crippen LogP contribution < -0.4 is 10.1 Å². The summed E-state index contributed by atoms with van der Waals surface area (Å²) in [6.45, 7) is 7.38. The highest BCUT2D eigenvalue weighted by Crippen LogP contribution is 2.26. The Morgan fingerprint density at radius 1 is 1.29 bits per heavy atom. The summed E-state index contributed by atoms with van der Waals surface area (Å²) in [5, 5.41) is 5.15. The van der Waals surface area contributed by atoms with Gasteiger partial charge in [0.15, 0.2) is 0 Å². The van der Waals surface area contributed by atoms with Gasteiger partial charge in [-0.3, -0.25) is 0 Å². The molecule has 0 amide bonds. The minimum Gasteiger partial charge on any atom is -0.312 e. The highest BCUT2D eigenvalue weighted by molar-refractivity contribution is 7.91. The van der Waals surface area contributed by atoms with Gasteiger partial charge in [0.1, 0.15) is 4.21 Å². The second kappa shape index (κ2) is 7.69. The molecule has 7 heteroatoms. The first kappa shape index (κ1) is 16.9. The van der Waals surface area contributed by atoms with E-state index in [1.165, 1.54) is 17.8 Å². The molecule has 1 aliphatic heterocycles. The van der Waals surface area contributed by atoms with Crippen LogP contribution in [0.5, 0.6) is 0 Å². The number of thiophene rings is 1. The topological polar surface area (TPSA) is 61.4 Å². The van der Waals surface area contributed by atoms with Crippen molar-refractivity contribution in [2.24, 2.45) is 0 Å². The molecule has 2 heterocycles. The van der Waals surface area contributed by atoms with Gasteiger partial charge >= 0.3 is 0 Å². The number of piperidine rings is 1. The van der Waals surface area contributed by atoms with Gasteiger partial charge in [-0.2, -0.15) is 0 Å². The summed E-state index contributed by atoms with van der Waals surface area (Å²) in [4.78, 5) is 3.81. The predicted molar refractivity (Wildman–Crippen MR) is 86.8 cm³/mol. The zero-order valence-electron chi connectivity index (χ0n) is 12.8. The van der Waals surface area contributed by atoms with Gasteiger partial charge in [0.2, 0.25) is 0 Å². The fourth-order valence-corrected chi connectivity index (χ4v) is 5.04. The molecule has 1 aromatic heterocycles. The standard InChI is InChI=1S/C14H25N3O2S2/c1-3-7-15-11-13-12(2)10-14(20-13)21(18,19)16-17-8-5-4-6-9-17/h10,15-16H,3-9,11H2,1-2H3. The van der Waals surface area contributed by atoms with Gasteiger partial charge in [0, 0.05) is 24.5 Å². The molecule has 1 aliphatic rings. The average molecular weight is 332 g/mol. The fraction of sp³-hybridized carbons (Fsp3) is 0.714. The van der Waals surface area contributed by atoms with Crippen LogP contribution in [0.2, 0.25) is 0 Å². The molecule has 0 radical (unpaired) electrons. The normalized spacial score (nSPS) is 17.2. The lowest BCUT2D eigenvalue weighted by Gasteiger charge is -2.26. The van der Waals surface area contributed by atoms with Crippen molar-refractivity contribution in [3.63, 3.8) is 0 Å². The number of hydrazine groups is 1. The molecule has 1 fully saturated rings. The molecule has 120 valence electrons. The molecule has 21 heavy (non-hydrogen) atoms. The molecule has 5 nitrogen and oxygen atoms in total.